The predicted octanol–water partition coefficient (Wildman–Crippen LogP) is 5.03. The van der Waals surface area contributed by atoms with Crippen molar-refractivity contribution in [2.75, 3.05) is 0 Å². The van der Waals surface area contributed by atoms with Crippen molar-refractivity contribution in [2.24, 2.45) is 0 Å². The minimum atomic E-state index is 0.947. The van der Waals surface area contributed by atoms with Gasteiger partial charge in [-0.1, -0.05) is 72.8 Å². The Kier molecular flexibility index (Phi) is 4.54. The molecule has 0 heterocycles. The number of hydrogen-bond acceptors (Lipinski definition) is 0. The summed E-state index contributed by atoms with van der Waals surface area (Å²) < 4.78 is 0. The summed E-state index contributed by atoms with van der Waals surface area (Å²) in [5.74, 6) is 0. The van der Waals surface area contributed by atoms with Gasteiger partial charge in [-0.05, 0) is 29.5 Å². The summed E-state index contributed by atoms with van der Waals surface area (Å²) in [7, 11) is 0. The maximum absolute atomic E-state index is 3.70. The van der Waals surface area contributed by atoms with E-state index in [9.17, 15) is 0 Å². The van der Waals surface area contributed by atoms with Gasteiger partial charge in [-0.15, -0.1) is 6.58 Å². The molecule has 0 bridgehead atoms. The Morgan fingerprint density at radius 3 is 2.11 bits per heavy atom. The Hall–Kier alpha value is -2.08. The Morgan fingerprint density at radius 2 is 1.44 bits per heavy atom. The van der Waals surface area contributed by atoms with Crippen LogP contribution in [0.15, 0.2) is 79.4 Å². The number of rotatable bonds is 5. The van der Waals surface area contributed by atoms with Crippen LogP contribution in [-0.4, -0.2) is 0 Å². The normalized spacial score (nSPS) is 10.7. The van der Waals surface area contributed by atoms with E-state index in [1.807, 2.05) is 12.1 Å². The van der Waals surface area contributed by atoms with Crippen molar-refractivity contribution >= 4 is 0 Å². The molecule has 0 spiro atoms. The van der Waals surface area contributed by atoms with Gasteiger partial charge in [0.25, 0.3) is 0 Å². The van der Waals surface area contributed by atoms with Crippen LogP contribution in [0.2, 0.25) is 0 Å². The molecule has 0 aliphatic rings. The van der Waals surface area contributed by atoms with Crippen molar-refractivity contribution in [3.63, 3.8) is 0 Å². The minimum Gasteiger partial charge on any atom is -0.103 e. The van der Waals surface area contributed by atoms with Crippen molar-refractivity contribution in [2.45, 2.75) is 12.8 Å². The highest BCUT2D eigenvalue weighted by molar-refractivity contribution is 5.63. The zero-order valence-electron chi connectivity index (χ0n) is 10.5. The highest BCUT2D eigenvalue weighted by atomic mass is 14.0. The second kappa shape index (κ2) is 6.61. The molecule has 0 aromatic heterocycles. The van der Waals surface area contributed by atoms with E-state index in [1.54, 1.807) is 0 Å². The Bertz CT molecular complexity index is 503. The molecule has 0 heteroatoms. The molecule has 0 nitrogen and oxygen atoms in total. The molecule has 0 aliphatic heterocycles. The van der Waals surface area contributed by atoms with Gasteiger partial charge in [-0.25, -0.2) is 0 Å². The average molecular weight is 234 g/mol. The first-order valence-corrected chi connectivity index (χ1v) is 6.30. The van der Waals surface area contributed by atoms with Gasteiger partial charge in [0.2, 0.25) is 0 Å². The van der Waals surface area contributed by atoms with E-state index >= 15 is 0 Å². The van der Waals surface area contributed by atoms with E-state index in [-0.39, 0.29) is 0 Å². The van der Waals surface area contributed by atoms with Gasteiger partial charge in [-0.3, -0.25) is 0 Å². The summed E-state index contributed by atoms with van der Waals surface area (Å²) in [6.07, 6.45) is 8.19. The van der Waals surface area contributed by atoms with Gasteiger partial charge < -0.3 is 0 Å². The molecule has 2 rings (SSSR count). The molecule has 0 atom stereocenters. The quantitative estimate of drug-likeness (QED) is 0.637. The molecule has 0 saturated carbocycles. The lowest BCUT2D eigenvalue weighted by Gasteiger charge is -2.02. The van der Waals surface area contributed by atoms with E-state index in [0.717, 1.165) is 12.8 Å². The van der Waals surface area contributed by atoms with E-state index < -0.39 is 0 Å². The first-order valence-electron chi connectivity index (χ1n) is 6.30. The molecule has 0 radical (unpaired) electrons. The van der Waals surface area contributed by atoms with E-state index in [2.05, 4.69) is 67.3 Å². The number of benzene rings is 2. The fraction of sp³-hybridized carbons (Fsp3) is 0.111. The maximum Gasteiger partial charge on any atom is -0.00973 e. The van der Waals surface area contributed by atoms with Gasteiger partial charge >= 0.3 is 0 Å². The van der Waals surface area contributed by atoms with Gasteiger partial charge in [0, 0.05) is 0 Å². The van der Waals surface area contributed by atoms with Crippen molar-refractivity contribution in [1.82, 2.24) is 0 Å². The highest BCUT2D eigenvalue weighted by Crippen LogP contribution is 2.19. The third kappa shape index (κ3) is 3.46. The molecular formula is C18H18. The Morgan fingerprint density at radius 1 is 0.778 bits per heavy atom. The highest BCUT2D eigenvalue weighted by Gasteiger charge is 1.96. The average Bonchev–Trinajstić information content (AvgIpc) is 2.45. The summed E-state index contributed by atoms with van der Waals surface area (Å²) in [6, 6.07) is 19.2. The van der Waals surface area contributed by atoms with Crippen molar-refractivity contribution in [3.05, 3.63) is 85.0 Å². The summed E-state index contributed by atoms with van der Waals surface area (Å²) in [5, 5.41) is 0. The predicted molar refractivity (Wildman–Crippen MR) is 79.5 cm³/mol. The molecule has 2 aromatic carbocycles. The monoisotopic (exact) mass is 234 g/mol. The lowest BCUT2D eigenvalue weighted by molar-refractivity contribution is 1.24. The first-order chi connectivity index (χ1) is 8.90. The second-order valence-corrected chi connectivity index (χ2v) is 4.26. The molecule has 0 N–H and O–H groups in total. The minimum absolute atomic E-state index is 0.947. The number of hydrogen-bond donors (Lipinski definition) is 0. The van der Waals surface area contributed by atoms with Crippen LogP contribution in [0.25, 0.3) is 11.1 Å². The molecule has 18 heavy (non-hydrogen) atoms. The SMILES string of the molecule is C=CCC=CCc1ccc(-c2ccccc2)cc1. The van der Waals surface area contributed by atoms with Crippen LogP contribution in [0.3, 0.4) is 0 Å². The van der Waals surface area contributed by atoms with Crippen LogP contribution >= 0.6 is 0 Å². The van der Waals surface area contributed by atoms with Crippen molar-refractivity contribution in [1.29, 1.82) is 0 Å². The van der Waals surface area contributed by atoms with Crippen LogP contribution in [0.1, 0.15) is 12.0 Å². The van der Waals surface area contributed by atoms with E-state index in [4.69, 9.17) is 0 Å². The molecule has 0 saturated heterocycles. The lowest BCUT2D eigenvalue weighted by Crippen LogP contribution is -1.82. The van der Waals surface area contributed by atoms with Crippen LogP contribution in [0.4, 0.5) is 0 Å². The van der Waals surface area contributed by atoms with E-state index in [1.165, 1.54) is 16.7 Å². The molecule has 0 unspecified atom stereocenters. The van der Waals surface area contributed by atoms with Crippen molar-refractivity contribution in [3.8, 4) is 11.1 Å². The van der Waals surface area contributed by atoms with Gasteiger partial charge in [0.15, 0.2) is 0 Å². The zero-order valence-corrected chi connectivity index (χ0v) is 10.5. The van der Waals surface area contributed by atoms with E-state index in [0.29, 0.717) is 0 Å². The summed E-state index contributed by atoms with van der Waals surface area (Å²) >= 11 is 0. The maximum atomic E-state index is 3.70. The van der Waals surface area contributed by atoms with Gasteiger partial charge in [0.1, 0.15) is 0 Å². The largest absolute Gasteiger partial charge is 0.103 e. The molecule has 90 valence electrons. The third-order valence-electron chi connectivity index (χ3n) is 2.88. The van der Waals surface area contributed by atoms with Crippen LogP contribution in [0, 0.1) is 0 Å². The summed E-state index contributed by atoms with van der Waals surface area (Å²) in [4.78, 5) is 0. The number of allylic oxidation sites excluding steroid dienone is 3. The first kappa shape index (κ1) is 12.4. The van der Waals surface area contributed by atoms with Gasteiger partial charge in [0.05, 0.1) is 0 Å². The van der Waals surface area contributed by atoms with Gasteiger partial charge in [-0.2, -0.15) is 0 Å². The summed E-state index contributed by atoms with van der Waals surface area (Å²) in [5.41, 5.74) is 3.88. The molecule has 0 fully saturated rings. The zero-order chi connectivity index (χ0) is 12.6. The second-order valence-electron chi connectivity index (χ2n) is 4.26. The standard InChI is InChI=1S/C18H18/c1-2-3-4-6-9-16-12-14-18(15-13-16)17-10-7-5-8-11-17/h2,4-8,10-15H,1,3,9H2. The lowest BCUT2D eigenvalue weighted by atomic mass is 10.0. The molecule has 2 aromatic rings. The summed E-state index contributed by atoms with van der Waals surface area (Å²) in [6.45, 7) is 3.70. The fourth-order valence-corrected chi connectivity index (χ4v) is 1.88. The Balaban J connectivity index is 2.04. The van der Waals surface area contributed by atoms with Crippen LogP contribution < -0.4 is 0 Å². The van der Waals surface area contributed by atoms with Crippen LogP contribution in [0.5, 0.6) is 0 Å². The Labute approximate surface area is 109 Å². The molecule has 0 aliphatic carbocycles. The van der Waals surface area contributed by atoms with Crippen molar-refractivity contribution < 1.29 is 0 Å². The molecule has 0 amide bonds. The third-order valence-corrected chi connectivity index (χ3v) is 2.88. The smallest absolute Gasteiger partial charge is 0.00973 e. The molecular weight excluding hydrogens is 216 g/mol. The fourth-order valence-electron chi connectivity index (χ4n) is 1.88. The van der Waals surface area contributed by atoms with Crippen LogP contribution in [-0.2, 0) is 6.42 Å². The topological polar surface area (TPSA) is 0 Å².